The molecule has 0 bridgehead atoms. The van der Waals surface area contributed by atoms with Gasteiger partial charge in [0.05, 0.1) is 12.7 Å². The Labute approximate surface area is 73.6 Å². The van der Waals surface area contributed by atoms with Crippen LogP contribution < -0.4 is 5.56 Å². The summed E-state index contributed by atoms with van der Waals surface area (Å²) in [5.41, 5.74) is -0.839. The molecule has 0 radical (unpaired) electrons. The number of hydrogen-bond acceptors (Lipinski definition) is 4. The maximum Gasteiger partial charge on any atom is 0.339 e. The number of nitrogens with zero attached hydrogens (tertiary/aromatic N) is 1. The number of nitrogens with one attached hydrogen (secondary N) is 1. The number of carbonyl (C=O) groups is 1. The maximum absolute atomic E-state index is 11.0. The Bertz CT molecular complexity index is 428. The fraction of sp³-hybridized carbons (Fsp3) is 0.125. The number of aromatic amines is 1. The average molecular weight is 178 g/mol. The van der Waals surface area contributed by atoms with Gasteiger partial charge < -0.3 is 9.72 Å². The van der Waals surface area contributed by atoms with Gasteiger partial charge in [-0.2, -0.15) is 5.26 Å². The van der Waals surface area contributed by atoms with Crippen LogP contribution in [-0.4, -0.2) is 18.1 Å². The number of rotatable bonds is 1. The maximum atomic E-state index is 11.0. The molecule has 0 aliphatic carbocycles. The number of hydrogen-bond donors (Lipinski definition) is 1. The van der Waals surface area contributed by atoms with Crippen molar-refractivity contribution in [3.05, 3.63) is 33.7 Å². The molecule has 1 aromatic rings. The molecule has 1 aromatic heterocycles. The number of aromatic nitrogens is 1. The lowest BCUT2D eigenvalue weighted by Crippen LogP contribution is -2.16. The molecule has 1 rings (SSSR count). The van der Waals surface area contributed by atoms with Crippen LogP contribution in [0, 0.1) is 11.3 Å². The van der Waals surface area contributed by atoms with Gasteiger partial charge in [-0.25, -0.2) is 4.79 Å². The van der Waals surface area contributed by atoms with Crippen LogP contribution >= 0.6 is 0 Å². The number of pyridine rings is 1. The molecule has 0 aliphatic rings. The first-order valence-electron chi connectivity index (χ1n) is 3.40. The van der Waals surface area contributed by atoms with E-state index in [9.17, 15) is 9.59 Å². The third-order valence-electron chi connectivity index (χ3n) is 1.48. The van der Waals surface area contributed by atoms with Crippen molar-refractivity contribution in [3.63, 3.8) is 0 Å². The first kappa shape index (κ1) is 9.00. The van der Waals surface area contributed by atoms with Crippen LogP contribution in [0.1, 0.15) is 15.9 Å². The lowest BCUT2D eigenvalue weighted by molar-refractivity contribution is 0.0600. The number of methoxy groups -OCH3 is 1. The summed E-state index contributed by atoms with van der Waals surface area (Å²) in [4.78, 5) is 24.3. The molecule has 0 saturated heterocycles. The van der Waals surface area contributed by atoms with Crippen molar-refractivity contribution in [1.29, 1.82) is 5.26 Å². The Morgan fingerprint density at radius 2 is 2.38 bits per heavy atom. The standard InChI is InChI=1S/C8H6N2O3/c1-13-8(12)5-2-3-10-7(11)6(5)4-9/h2-3H,1H3,(H,10,11). The first-order valence-corrected chi connectivity index (χ1v) is 3.40. The summed E-state index contributed by atoms with van der Waals surface area (Å²) < 4.78 is 4.39. The van der Waals surface area contributed by atoms with E-state index in [0.29, 0.717) is 0 Å². The fourth-order valence-corrected chi connectivity index (χ4v) is 0.870. The average Bonchev–Trinajstić information content (AvgIpc) is 2.16. The van der Waals surface area contributed by atoms with Crippen LogP contribution in [0.3, 0.4) is 0 Å². The molecule has 0 fully saturated rings. The van der Waals surface area contributed by atoms with E-state index in [4.69, 9.17) is 5.26 Å². The van der Waals surface area contributed by atoms with E-state index in [1.807, 2.05) is 0 Å². The fourth-order valence-electron chi connectivity index (χ4n) is 0.870. The van der Waals surface area contributed by atoms with Crippen molar-refractivity contribution in [2.75, 3.05) is 7.11 Å². The van der Waals surface area contributed by atoms with Crippen LogP contribution in [0.4, 0.5) is 0 Å². The van der Waals surface area contributed by atoms with Crippen molar-refractivity contribution in [2.45, 2.75) is 0 Å². The molecule has 5 heteroatoms. The minimum Gasteiger partial charge on any atom is -0.465 e. The summed E-state index contributed by atoms with van der Waals surface area (Å²) in [5, 5.41) is 8.57. The van der Waals surface area contributed by atoms with Crippen LogP contribution in [0.15, 0.2) is 17.1 Å². The summed E-state index contributed by atoms with van der Waals surface area (Å²) in [6.45, 7) is 0. The Balaban J connectivity index is 3.39. The molecule has 1 heterocycles. The van der Waals surface area contributed by atoms with Gasteiger partial charge in [0.25, 0.3) is 5.56 Å². The molecule has 0 aromatic carbocycles. The minimum atomic E-state index is -0.692. The topological polar surface area (TPSA) is 83.0 Å². The van der Waals surface area contributed by atoms with E-state index in [0.717, 1.165) is 0 Å². The van der Waals surface area contributed by atoms with E-state index in [-0.39, 0.29) is 11.1 Å². The van der Waals surface area contributed by atoms with Crippen LogP contribution in [0.5, 0.6) is 0 Å². The Hall–Kier alpha value is -2.09. The smallest absolute Gasteiger partial charge is 0.339 e. The summed E-state index contributed by atoms with van der Waals surface area (Å²) >= 11 is 0. The van der Waals surface area contributed by atoms with Gasteiger partial charge >= 0.3 is 5.97 Å². The van der Waals surface area contributed by atoms with Crippen LogP contribution in [0.25, 0.3) is 0 Å². The van der Waals surface area contributed by atoms with E-state index in [2.05, 4.69) is 9.72 Å². The van der Waals surface area contributed by atoms with Crippen molar-refractivity contribution >= 4 is 5.97 Å². The normalized spacial score (nSPS) is 8.92. The van der Waals surface area contributed by atoms with Gasteiger partial charge in [-0.1, -0.05) is 0 Å². The zero-order valence-electron chi connectivity index (χ0n) is 6.83. The molecule has 1 N–H and O–H groups in total. The van der Waals surface area contributed by atoms with Gasteiger partial charge in [0, 0.05) is 6.20 Å². The molecule has 0 saturated carbocycles. The van der Waals surface area contributed by atoms with E-state index < -0.39 is 11.5 Å². The number of carbonyl (C=O) groups excluding carboxylic acids is 1. The largest absolute Gasteiger partial charge is 0.465 e. The molecule has 0 spiro atoms. The quantitative estimate of drug-likeness (QED) is 0.615. The predicted octanol–water partition coefficient (Wildman–Crippen LogP) is 0.0332. The summed E-state index contributed by atoms with van der Waals surface area (Å²) in [6, 6.07) is 2.96. The molecular weight excluding hydrogens is 172 g/mol. The number of ether oxygens (including phenoxy) is 1. The van der Waals surface area contributed by atoms with Gasteiger partial charge in [-0.3, -0.25) is 4.79 Å². The summed E-state index contributed by atoms with van der Waals surface area (Å²) in [5.74, 6) is -0.692. The van der Waals surface area contributed by atoms with Gasteiger partial charge in [0.15, 0.2) is 0 Å². The zero-order chi connectivity index (χ0) is 9.84. The SMILES string of the molecule is COC(=O)c1cc[nH]c(=O)c1C#N. The van der Waals surface area contributed by atoms with E-state index in [1.54, 1.807) is 6.07 Å². The Morgan fingerprint density at radius 3 is 2.92 bits per heavy atom. The van der Waals surface area contributed by atoms with E-state index in [1.165, 1.54) is 19.4 Å². The molecule has 0 unspecified atom stereocenters. The molecule has 66 valence electrons. The second-order valence-electron chi connectivity index (χ2n) is 2.20. The summed E-state index contributed by atoms with van der Waals surface area (Å²) in [7, 11) is 1.19. The van der Waals surface area contributed by atoms with E-state index >= 15 is 0 Å². The first-order chi connectivity index (χ1) is 6.20. The molecule has 5 nitrogen and oxygen atoms in total. The predicted molar refractivity (Wildman–Crippen MR) is 43.1 cm³/mol. The molecular formula is C8H6N2O3. The Kier molecular flexibility index (Phi) is 2.45. The highest BCUT2D eigenvalue weighted by Gasteiger charge is 2.13. The number of esters is 1. The molecule has 0 atom stereocenters. The minimum absolute atomic E-state index is 0.0197. The van der Waals surface area contributed by atoms with Crippen molar-refractivity contribution in [3.8, 4) is 6.07 Å². The van der Waals surface area contributed by atoms with Gasteiger partial charge in [-0.15, -0.1) is 0 Å². The van der Waals surface area contributed by atoms with Crippen molar-refractivity contribution in [1.82, 2.24) is 4.98 Å². The monoisotopic (exact) mass is 178 g/mol. The van der Waals surface area contributed by atoms with Crippen molar-refractivity contribution < 1.29 is 9.53 Å². The number of nitriles is 1. The van der Waals surface area contributed by atoms with Gasteiger partial charge in [0.2, 0.25) is 0 Å². The lowest BCUT2D eigenvalue weighted by atomic mass is 10.1. The highest BCUT2D eigenvalue weighted by Crippen LogP contribution is 2.02. The summed E-state index contributed by atoms with van der Waals surface area (Å²) in [6.07, 6.45) is 1.29. The van der Waals surface area contributed by atoms with Gasteiger partial charge in [-0.05, 0) is 6.07 Å². The Morgan fingerprint density at radius 1 is 1.69 bits per heavy atom. The molecule has 0 amide bonds. The van der Waals surface area contributed by atoms with Gasteiger partial charge in [0.1, 0.15) is 11.6 Å². The van der Waals surface area contributed by atoms with Crippen LogP contribution in [0.2, 0.25) is 0 Å². The highest BCUT2D eigenvalue weighted by molar-refractivity contribution is 5.91. The third-order valence-corrected chi connectivity index (χ3v) is 1.48. The zero-order valence-corrected chi connectivity index (χ0v) is 6.83. The molecule has 0 aliphatic heterocycles. The highest BCUT2D eigenvalue weighted by atomic mass is 16.5. The van der Waals surface area contributed by atoms with Crippen molar-refractivity contribution in [2.24, 2.45) is 0 Å². The molecule has 13 heavy (non-hydrogen) atoms. The third kappa shape index (κ3) is 1.56. The lowest BCUT2D eigenvalue weighted by Gasteiger charge is -1.98. The number of H-pyrrole nitrogens is 1. The second-order valence-corrected chi connectivity index (χ2v) is 2.20. The second kappa shape index (κ2) is 3.54. The van der Waals surface area contributed by atoms with Crippen LogP contribution in [-0.2, 0) is 4.74 Å².